The third kappa shape index (κ3) is 4.62. The molecule has 5 nitrogen and oxygen atoms in total. The second-order valence-corrected chi connectivity index (χ2v) is 4.58. The smallest absolute Gasteiger partial charge is 0.319 e. The molecule has 1 rings (SSSR count). The summed E-state index contributed by atoms with van der Waals surface area (Å²) in [6.07, 6.45) is 0. The summed E-state index contributed by atoms with van der Waals surface area (Å²) >= 11 is 5.77. The summed E-state index contributed by atoms with van der Waals surface area (Å²) in [5.41, 5.74) is 0.799. The third-order valence-corrected chi connectivity index (χ3v) is 2.50. The van der Waals surface area contributed by atoms with Gasteiger partial charge in [-0.3, -0.25) is 0 Å². The molecule has 3 N–H and O–H groups in total. The van der Waals surface area contributed by atoms with Crippen LogP contribution in [0.2, 0.25) is 5.02 Å². The Morgan fingerprint density at radius 3 is 2.83 bits per heavy atom. The van der Waals surface area contributed by atoms with E-state index in [2.05, 4.69) is 10.6 Å². The van der Waals surface area contributed by atoms with Crippen molar-refractivity contribution in [3.05, 3.63) is 28.8 Å². The second kappa shape index (κ2) is 6.84. The molecule has 2 amide bonds. The lowest BCUT2D eigenvalue weighted by Gasteiger charge is -2.10. The third-order valence-electron chi connectivity index (χ3n) is 2.26. The zero-order chi connectivity index (χ0) is 13.5. The molecule has 0 atom stereocenters. The summed E-state index contributed by atoms with van der Waals surface area (Å²) < 4.78 is 0. The normalized spacial score (nSPS) is 9.94. The molecule has 0 fully saturated rings. The molecule has 0 bridgehead atoms. The maximum atomic E-state index is 11.6. The van der Waals surface area contributed by atoms with E-state index in [0.29, 0.717) is 22.8 Å². The molecule has 0 aliphatic rings. The molecule has 0 saturated heterocycles. The van der Waals surface area contributed by atoms with Crippen LogP contribution >= 0.6 is 11.6 Å². The number of halogens is 1. The molecule has 6 heteroatoms. The zero-order valence-electron chi connectivity index (χ0n) is 10.4. The first kappa shape index (κ1) is 14.3. The van der Waals surface area contributed by atoms with Gasteiger partial charge < -0.3 is 15.5 Å². The van der Waals surface area contributed by atoms with Gasteiger partial charge in [-0.1, -0.05) is 11.6 Å². The first-order valence-electron chi connectivity index (χ1n) is 5.56. The van der Waals surface area contributed by atoms with Gasteiger partial charge in [0.15, 0.2) is 0 Å². The maximum Gasteiger partial charge on any atom is 0.319 e. The summed E-state index contributed by atoms with van der Waals surface area (Å²) in [5.74, 6) is 0. The second-order valence-electron chi connectivity index (χ2n) is 4.14. The van der Waals surface area contributed by atoms with Crippen molar-refractivity contribution in [3.63, 3.8) is 0 Å². The van der Waals surface area contributed by atoms with Crippen molar-refractivity contribution in [2.24, 2.45) is 0 Å². The number of quaternary nitrogens is 1. The van der Waals surface area contributed by atoms with Gasteiger partial charge >= 0.3 is 6.03 Å². The average Bonchev–Trinajstić information content (AvgIpc) is 2.31. The number of likely N-dealkylation sites (N-methyl/N-ethyl adjacent to an activating group) is 1. The quantitative estimate of drug-likeness (QED) is 0.743. The Morgan fingerprint density at radius 1 is 1.50 bits per heavy atom. The Bertz CT molecular complexity index is 468. The molecule has 0 unspecified atom stereocenters. The van der Waals surface area contributed by atoms with Crippen LogP contribution in [0, 0.1) is 11.3 Å². The van der Waals surface area contributed by atoms with Crippen LogP contribution in [-0.2, 0) is 0 Å². The first-order valence-corrected chi connectivity index (χ1v) is 5.94. The van der Waals surface area contributed by atoms with Crippen molar-refractivity contribution < 1.29 is 9.69 Å². The molecule has 0 heterocycles. The highest BCUT2D eigenvalue weighted by Crippen LogP contribution is 2.19. The van der Waals surface area contributed by atoms with Crippen LogP contribution < -0.4 is 15.5 Å². The van der Waals surface area contributed by atoms with E-state index < -0.39 is 0 Å². The van der Waals surface area contributed by atoms with Gasteiger partial charge in [0.05, 0.1) is 38.4 Å². The Hall–Kier alpha value is -1.77. The number of nitriles is 1. The molecule has 1 aromatic carbocycles. The molecule has 0 saturated carbocycles. The minimum absolute atomic E-state index is 0.324. The molecule has 96 valence electrons. The van der Waals surface area contributed by atoms with Crippen LogP contribution in [0.4, 0.5) is 10.5 Å². The number of anilines is 1. The van der Waals surface area contributed by atoms with E-state index in [1.54, 1.807) is 12.1 Å². The van der Waals surface area contributed by atoms with Gasteiger partial charge in [-0.05, 0) is 18.2 Å². The van der Waals surface area contributed by atoms with Crippen molar-refractivity contribution >= 4 is 23.3 Å². The van der Waals surface area contributed by atoms with Gasteiger partial charge in [-0.25, -0.2) is 4.79 Å². The lowest BCUT2D eigenvalue weighted by molar-refractivity contribution is -0.856. The number of amides is 2. The number of hydrogen-bond acceptors (Lipinski definition) is 2. The Balaban J connectivity index is 2.57. The lowest BCUT2D eigenvalue weighted by atomic mass is 10.2. The summed E-state index contributed by atoms with van der Waals surface area (Å²) in [6, 6.07) is 6.41. The average molecular weight is 268 g/mol. The van der Waals surface area contributed by atoms with E-state index in [-0.39, 0.29) is 6.03 Å². The van der Waals surface area contributed by atoms with E-state index in [9.17, 15) is 4.79 Å². The zero-order valence-corrected chi connectivity index (χ0v) is 11.1. The lowest BCUT2D eigenvalue weighted by Crippen LogP contribution is -3.06. The largest absolute Gasteiger partial charge is 0.338 e. The van der Waals surface area contributed by atoms with Crippen LogP contribution in [0.25, 0.3) is 0 Å². The van der Waals surface area contributed by atoms with E-state index >= 15 is 0 Å². The van der Waals surface area contributed by atoms with Gasteiger partial charge in [0, 0.05) is 5.02 Å². The predicted molar refractivity (Wildman–Crippen MR) is 70.9 cm³/mol. The number of rotatable bonds is 4. The summed E-state index contributed by atoms with van der Waals surface area (Å²) in [7, 11) is 4.01. The Morgan fingerprint density at radius 2 is 2.22 bits per heavy atom. The molecule has 0 aromatic heterocycles. The van der Waals surface area contributed by atoms with Crippen LogP contribution in [-0.4, -0.2) is 33.2 Å². The number of nitrogens with one attached hydrogen (secondary N) is 3. The fraction of sp³-hybridized carbons (Fsp3) is 0.333. The van der Waals surface area contributed by atoms with Crippen molar-refractivity contribution in [1.82, 2.24) is 5.32 Å². The topological polar surface area (TPSA) is 69.4 Å². The van der Waals surface area contributed by atoms with Crippen molar-refractivity contribution in [2.45, 2.75) is 0 Å². The first-order chi connectivity index (χ1) is 8.52. The van der Waals surface area contributed by atoms with Crippen molar-refractivity contribution in [3.8, 4) is 6.07 Å². The Kier molecular flexibility index (Phi) is 5.43. The highest BCUT2D eigenvalue weighted by Gasteiger charge is 2.07. The fourth-order valence-corrected chi connectivity index (χ4v) is 1.48. The fourth-order valence-electron chi connectivity index (χ4n) is 1.31. The van der Waals surface area contributed by atoms with Crippen molar-refractivity contribution in [1.29, 1.82) is 5.26 Å². The monoisotopic (exact) mass is 267 g/mol. The van der Waals surface area contributed by atoms with E-state index in [1.807, 2.05) is 20.2 Å². The maximum absolute atomic E-state index is 11.6. The number of carbonyl (C=O) groups excluding carboxylic acids is 1. The van der Waals surface area contributed by atoms with E-state index in [0.717, 1.165) is 6.54 Å². The van der Waals surface area contributed by atoms with Crippen LogP contribution in [0.1, 0.15) is 5.56 Å². The van der Waals surface area contributed by atoms with E-state index in [1.165, 1.54) is 11.0 Å². The van der Waals surface area contributed by atoms with Gasteiger partial charge in [0.2, 0.25) is 0 Å². The summed E-state index contributed by atoms with van der Waals surface area (Å²) in [6.45, 7) is 1.41. The van der Waals surface area contributed by atoms with E-state index in [4.69, 9.17) is 16.9 Å². The molecule has 0 radical (unpaired) electrons. The number of nitrogens with zero attached hydrogens (tertiary/aromatic N) is 1. The molecule has 18 heavy (non-hydrogen) atoms. The minimum atomic E-state index is -0.324. The van der Waals surface area contributed by atoms with Gasteiger partial charge in [-0.2, -0.15) is 5.26 Å². The van der Waals surface area contributed by atoms with Gasteiger partial charge in [0.1, 0.15) is 6.07 Å². The predicted octanol–water partition coefficient (Wildman–Crippen LogP) is 0.478. The molecule has 0 spiro atoms. The van der Waals surface area contributed by atoms with Crippen molar-refractivity contribution in [2.75, 3.05) is 32.5 Å². The van der Waals surface area contributed by atoms with Crippen LogP contribution in [0.3, 0.4) is 0 Å². The molecule has 1 aromatic rings. The Labute approximate surface area is 111 Å². The molecule has 0 aliphatic heterocycles. The summed E-state index contributed by atoms with van der Waals surface area (Å²) in [5, 5.41) is 14.7. The number of urea groups is 1. The summed E-state index contributed by atoms with van der Waals surface area (Å²) in [4.78, 5) is 12.8. The van der Waals surface area contributed by atoms with Gasteiger partial charge in [0.25, 0.3) is 0 Å². The highest BCUT2D eigenvalue weighted by molar-refractivity contribution is 6.30. The number of carbonyl (C=O) groups is 1. The number of benzene rings is 1. The molecular formula is C12H16ClN4O+. The van der Waals surface area contributed by atoms with Crippen LogP contribution in [0.15, 0.2) is 18.2 Å². The highest BCUT2D eigenvalue weighted by atomic mass is 35.5. The van der Waals surface area contributed by atoms with Gasteiger partial charge in [-0.15, -0.1) is 0 Å². The number of hydrogen-bond donors (Lipinski definition) is 3. The minimum Gasteiger partial charge on any atom is -0.338 e. The standard InChI is InChI=1S/C12H15ClN4O/c1-17(2)6-5-15-12(18)16-11-4-3-10(13)7-9(11)8-14/h3-4,7H,5-6H2,1-2H3,(H2,15,16,18)/p+1. The molecular weight excluding hydrogens is 252 g/mol. The SMILES string of the molecule is C[NH+](C)CCNC(=O)Nc1ccc(Cl)cc1C#N. The molecule has 0 aliphatic carbocycles. The van der Waals surface area contributed by atoms with Crippen LogP contribution in [0.5, 0.6) is 0 Å².